The molecule has 2 atom stereocenters. The fourth-order valence-corrected chi connectivity index (χ4v) is 18.6. The Bertz CT molecular complexity index is 6400. The summed E-state index contributed by atoms with van der Waals surface area (Å²) >= 11 is 0. The van der Waals surface area contributed by atoms with Crippen LogP contribution in [-0.2, 0) is 70.0 Å². The van der Waals surface area contributed by atoms with Gasteiger partial charge in [0.1, 0.15) is 35.4 Å². The molecule has 145 heavy (non-hydrogen) atoms. The zero-order valence-corrected chi connectivity index (χ0v) is 79.6. The number of halogens is 4. The van der Waals surface area contributed by atoms with Crippen LogP contribution in [0.1, 0.15) is 136 Å². The number of anilines is 8. The van der Waals surface area contributed by atoms with Crippen LogP contribution in [0, 0.1) is 23.3 Å². The fourth-order valence-electron chi connectivity index (χ4n) is 18.6. The van der Waals surface area contributed by atoms with Crippen molar-refractivity contribution in [1.82, 2.24) is 55.9 Å². The number of piperazine rings is 2. The highest BCUT2D eigenvalue weighted by Crippen LogP contribution is 2.38. The monoisotopic (exact) mass is 2000 g/mol. The molecule has 43 heteroatoms. The molecule has 0 bridgehead atoms. The van der Waals surface area contributed by atoms with Gasteiger partial charge in [-0.15, -0.1) is 0 Å². The van der Waals surface area contributed by atoms with Gasteiger partial charge in [-0.3, -0.25) is 98.0 Å². The lowest BCUT2D eigenvalue weighted by Crippen LogP contribution is -2.54. The van der Waals surface area contributed by atoms with Gasteiger partial charge < -0.3 is 86.3 Å². The highest BCUT2D eigenvalue weighted by atomic mass is 19.1. The molecule has 8 aromatic carbocycles. The molecule has 6 fully saturated rings. The van der Waals surface area contributed by atoms with E-state index in [1.54, 1.807) is 36.4 Å². The van der Waals surface area contributed by atoms with Crippen LogP contribution in [0.4, 0.5) is 63.3 Å². The number of amides is 11. The normalized spacial score (nSPS) is 17.4. The number of nitrogens with zero attached hydrogens (tertiary/aromatic N) is 8. The first kappa shape index (κ1) is 103. The van der Waals surface area contributed by atoms with E-state index in [0.29, 0.717) is 242 Å². The summed E-state index contributed by atoms with van der Waals surface area (Å²) in [6.07, 6.45) is 4.16. The zero-order chi connectivity index (χ0) is 102. The summed E-state index contributed by atoms with van der Waals surface area (Å²) in [5, 5.41) is 51.7. The first-order chi connectivity index (χ1) is 70.3. The molecule has 6 saturated heterocycles. The molecule has 8 aliphatic heterocycles. The Morgan fingerprint density at radius 1 is 0.434 bits per heavy atom. The quantitative estimate of drug-likeness (QED) is 0.00984. The second-order valence-electron chi connectivity index (χ2n) is 36.0. The lowest BCUT2D eigenvalue weighted by Gasteiger charge is -2.36. The van der Waals surface area contributed by atoms with Crippen LogP contribution in [0.25, 0.3) is 21.8 Å². The molecule has 18 rings (SSSR count). The van der Waals surface area contributed by atoms with Crippen molar-refractivity contribution < 1.29 is 109 Å². The zero-order valence-electron chi connectivity index (χ0n) is 79.6. The van der Waals surface area contributed by atoms with E-state index in [1.807, 2.05) is 71.6 Å². The molecule has 10 aromatic rings. The first-order valence-corrected chi connectivity index (χ1v) is 48.4. The number of rotatable bonds is 39. The minimum Gasteiger partial charge on any atom is -0.480 e. The van der Waals surface area contributed by atoms with E-state index >= 15 is 0 Å². The molecular weight excluding hydrogens is 1890 g/mol. The number of nitrogens with one attached hydrogen (secondary N) is 11. The first-order valence-electron chi connectivity index (χ1n) is 48.4. The summed E-state index contributed by atoms with van der Waals surface area (Å²) in [6, 6.07) is 37.4. The molecule has 11 amide bonds. The highest BCUT2D eigenvalue weighted by Gasteiger charge is 2.48. The van der Waals surface area contributed by atoms with Gasteiger partial charge in [0.05, 0.1) is 110 Å². The maximum atomic E-state index is 14.0. The van der Waals surface area contributed by atoms with Crippen molar-refractivity contribution >= 4 is 139 Å². The van der Waals surface area contributed by atoms with Crippen LogP contribution in [0.15, 0.2) is 146 Å². The van der Waals surface area contributed by atoms with E-state index in [2.05, 4.69) is 82.9 Å². The van der Waals surface area contributed by atoms with E-state index < -0.39 is 88.6 Å². The number of H-pyrrole nitrogens is 2. The molecule has 14 N–H and O–H groups in total. The summed E-state index contributed by atoms with van der Waals surface area (Å²) in [4.78, 5) is 162. The Labute approximate surface area is 830 Å². The Balaban J connectivity index is 0.000000174. The second kappa shape index (κ2) is 49.1. The number of benzene rings is 8. The number of aliphatic carboxylic acids is 1. The Kier molecular flexibility index (Phi) is 34.9. The van der Waals surface area contributed by atoms with Gasteiger partial charge in [0, 0.05) is 187 Å². The molecular formula is C102H114F4N20O19. The smallest absolute Gasteiger partial charge is 0.317 e. The summed E-state index contributed by atoms with van der Waals surface area (Å²) in [5.41, 5.74) is 15.3. The van der Waals surface area contributed by atoms with Gasteiger partial charge in [-0.1, -0.05) is 24.3 Å². The van der Waals surface area contributed by atoms with Crippen molar-refractivity contribution in [1.29, 1.82) is 0 Å². The number of ether oxygens (including phenoxy) is 6. The van der Waals surface area contributed by atoms with Crippen molar-refractivity contribution in [3.63, 3.8) is 0 Å². The molecule has 2 unspecified atom stereocenters. The number of nitrogens with two attached hydrogens (primary N) is 1. The number of carbonyl (C=O) groups is 12. The summed E-state index contributed by atoms with van der Waals surface area (Å²) in [6.45, 7) is 12.6. The SMILES string of the molecule is NCCOCCOCCNc1cccc2c1C(=O)N(C1CCC(=O)NC1=O)C2=O.O=C(CN1CCN(c2ccc(C(=O)Nc3n[nH]c4ccc(Cc5cc(F)cc(F)c5)cc34)c(NC3CCOCC3)c2)CC1)NCCOCCOCCNc1cccc2c1C(=O)N(C1CCC(=O)NC1=O)C2=O.O=C(O)CN1CCN(c2ccc(C(=O)Nc3n[nH]c4ccc(Cc5cc(F)cc(F)c5)cc34)c(NC3CCOCC3)c2)CC1. The van der Waals surface area contributed by atoms with Gasteiger partial charge in [0.2, 0.25) is 29.5 Å². The topological polar surface area (TPSA) is 492 Å². The molecule has 0 saturated carbocycles. The van der Waals surface area contributed by atoms with E-state index in [1.165, 1.54) is 30.3 Å². The lowest BCUT2D eigenvalue weighted by atomic mass is 10.0. The van der Waals surface area contributed by atoms with E-state index in [9.17, 15) is 75.1 Å². The maximum Gasteiger partial charge on any atom is 0.317 e. The molecule has 2 aromatic heterocycles. The molecule has 10 heterocycles. The predicted molar refractivity (Wildman–Crippen MR) is 528 cm³/mol. The van der Waals surface area contributed by atoms with Crippen molar-refractivity contribution in [2.75, 3.05) is 213 Å². The van der Waals surface area contributed by atoms with Crippen molar-refractivity contribution in [3.8, 4) is 0 Å². The van der Waals surface area contributed by atoms with Crippen LogP contribution >= 0.6 is 0 Å². The van der Waals surface area contributed by atoms with Crippen LogP contribution in [0.2, 0.25) is 0 Å². The molecule has 0 radical (unpaired) electrons. The Morgan fingerprint density at radius 2 is 0.841 bits per heavy atom. The molecule has 0 aliphatic carbocycles. The Hall–Kier alpha value is -14.7. The number of carboxylic acids is 1. The number of carboxylic acid groups (broad SMARTS) is 1. The number of fused-ring (bicyclic) bond motifs is 4. The van der Waals surface area contributed by atoms with Gasteiger partial charge in [-0.2, -0.15) is 10.2 Å². The average molecular weight is 2000 g/mol. The van der Waals surface area contributed by atoms with E-state index in [-0.39, 0.29) is 97.4 Å². The van der Waals surface area contributed by atoms with Crippen LogP contribution < -0.4 is 63.4 Å². The summed E-state index contributed by atoms with van der Waals surface area (Å²) in [7, 11) is 0. The van der Waals surface area contributed by atoms with Gasteiger partial charge in [-0.25, -0.2) is 17.6 Å². The largest absolute Gasteiger partial charge is 0.480 e. The van der Waals surface area contributed by atoms with Crippen LogP contribution in [-0.4, -0.2) is 311 Å². The van der Waals surface area contributed by atoms with Gasteiger partial charge >= 0.3 is 5.97 Å². The maximum absolute atomic E-state index is 14.0. The predicted octanol–water partition coefficient (Wildman–Crippen LogP) is 8.03. The molecule has 0 spiro atoms. The van der Waals surface area contributed by atoms with Gasteiger partial charge in [0.15, 0.2) is 11.6 Å². The van der Waals surface area contributed by atoms with Crippen molar-refractivity contribution in [2.45, 2.75) is 88.4 Å². The number of imide groups is 4. The molecule has 8 aliphatic rings. The molecule has 764 valence electrons. The van der Waals surface area contributed by atoms with Crippen LogP contribution in [0.5, 0.6) is 0 Å². The number of hydrogen-bond acceptors (Lipinski definition) is 29. The highest BCUT2D eigenvalue weighted by molar-refractivity contribution is 6.27. The average Bonchev–Trinajstić information content (AvgIpc) is 1.60. The van der Waals surface area contributed by atoms with Crippen LogP contribution in [0.3, 0.4) is 0 Å². The third-order valence-electron chi connectivity index (χ3n) is 25.9. The second-order valence-corrected chi connectivity index (χ2v) is 36.0. The lowest BCUT2D eigenvalue weighted by molar-refractivity contribution is -0.139. The number of aromatic nitrogens is 4. The minimum atomic E-state index is -1.04. The minimum absolute atomic E-state index is 0.0240. The fraction of sp³-hybridized carbons (Fsp3) is 0.392. The van der Waals surface area contributed by atoms with E-state index in [4.69, 9.17) is 39.3 Å². The number of aromatic amines is 2. The standard InChI is InChI=1S/C51H56F2N10O9.C32H34F2N6O4.C19H24N4O6/c52-33-25-32(26-34(53)28-33)24-31-4-7-40-39(27-31)47(60-59-40)58-48(66)37-6-5-36(29-42(37)56-35-10-18-70-19-11-35)62-16-14-61(15-17-62)30-45(65)55-13-21-72-23-22-71-20-12-54-41-3-1-2-38-46(41)51(69)63(50(38)68)43-8-9-44(64)57-49(43)67;33-22-14-21(15-23(34)17-22)13-20-1-4-28-27(16-20)31(38-37-28)36-32(43)26-3-2-25(18-29(26)35-24-5-11-44-12-6-24)40-9-7-39(8-10-40)19-30(41)42;20-6-8-28-10-11-29-9-7-21-13-3-1-2-12-16(13)19(27)23(18(12)26)14-4-5-15(24)22-17(14)25/h1-7,25-29,35,43,54,56H,8-24,30H2,(H,55,65)(H,57,64,67)(H2,58,59,60,66);1-4,14-18,24,35H,5-13,19H2,(H,41,42)(H2,36,37,38,43);1-3,14,21H,4-11,20H2,(H,22,24,25). The van der Waals surface area contributed by atoms with Crippen molar-refractivity contribution in [3.05, 3.63) is 224 Å². The summed E-state index contributed by atoms with van der Waals surface area (Å²) in [5.74, 6) is -7.85. The summed E-state index contributed by atoms with van der Waals surface area (Å²) < 4.78 is 88.3. The Morgan fingerprint density at radius 3 is 1.25 bits per heavy atom. The number of hydrogen-bond donors (Lipinski definition) is 13. The van der Waals surface area contributed by atoms with Crippen molar-refractivity contribution in [2.24, 2.45) is 5.73 Å². The third kappa shape index (κ3) is 26.7. The van der Waals surface area contributed by atoms with Gasteiger partial charge in [0.25, 0.3) is 35.4 Å². The van der Waals surface area contributed by atoms with E-state index in [0.717, 1.165) is 70.1 Å². The number of piperidine rings is 2. The molecule has 39 nitrogen and oxygen atoms in total. The van der Waals surface area contributed by atoms with Gasteiger partial charge in [-0.05, 0) is 183 Å². The third-order valence-corrected chi connectivity index (χ3v) is 25.9. The number of carbonyl (C=O) groups excluding carboxylic acids is 11.